The van der Waals surface area contributed by atoms with E-state index in [0.717, 1.165) is 6.42 Å². The lowest BCUT2D eigenvalue weighted by atomic mass is 10.2. The Hall–Kier alpha value is -3.10. The van der Waals surface area contributed by atoms with Gasteiger partial charge in [0.05, 0.1) is 19.8 Å². The molecular weight excluding hydrogens is 346 g/mol. The molecule has 9 heteroatoms. The third-order valence-electron chi connectivity index (χ3n) is 3.46. The van der Waals surface area contributed by atoms with E-state index in [1.54, 1.807) is 24.3 Å². The van der Waals surface area contributed by atoms with Crippen LogP contribution in [0.2, 0.25) is 0 Å². The van der Waals surface area contributed by atoms with Gasteiger partial charge in [-0.05, 0) is 23.8 Å². The lowest BCUT2D eigenvalue weighted by Crippen LogP contribution is -2.22. The molecule has 0 unspecified atom stereocenters. The second-order valence-electron chi connectivity index (χ2n) is 5.42. The molecule has 1 aliphatic rings. The Morgan fingerprint density at radius 1 is 1.23 bits per heavy atom. The number of nitrogens with zero attached hydrogens (tertiary/aromatic N) is 2. The number of anilines is 1. The SMILES string of the molecule is NC(=NCc1ccnc(OC(F)F)c1)Nc1ccc2c(c1)OCCCO2. The lowest BCUT2D eigenvalue weighted by molar-refractivity contribution is -0.0528. The van der Waals surface area contributed by atoms with Crippen LogP contribution in [0, 0.1) is 0 Å². The Kier molecular flexibility index (Phi) is 5.67. The summed E-state index contributed by atoms with van der Waals surface area (Å²) in [5.74, 6) is 1.34. The third-order valence-corrected chi connectivity index (χ3v) is 3.46. The number of aliphatic imine (C=N–C) groups is 1. The number of guanidine groups is 1. The highest BCUT2D eigenvalue weighted by atomic mass is 19.3. The topological polar surface area (TPSA) is 91.0 Å². The van der Waals surface area contributed by atoms with Crippen molar-refractivity contribution in [3.05, 3.63) is 42.1 Å². The van der Waals surface area contributed by atoms with Crippen molar-refractivity contribution >= 4 is 11.6 Å². The zero-order chi connectivity index (χ0) is 18.4. The smallest absolute Gasteiger partial charge is 0.388 e. The monoisotopic (exact) mass is 364 g/mol. The van der Waals surface area contributed by atoms with Gasteiger partial charge in [-0.15, -0.1) is 0 Å². The van der Waals surface area contributed by atoms with Gasteiger partial charge in [-0.25, -0.2) is 9.98 Å². The fraction of sp³-hybridized carbons (Fsp3) is 0.294. The molecule has 1 aromatic heterocycles. The van der Waals surface area contributed by atoms with E-state index in [1.807, 2.05) is 0 Å². The maximum atomic E-state index is 12.2. The number of aromatic nitrogens is 1. The van der Waals surface area contributed by atoms with E-state index in [-0.39, 0.29) is 18.4 Å². The van der Waals surface area contributed by atoms with E-state index in [0.29, 0.717) is 36.0 Å². The average Bonchev–Trinajstić information content (AvgIpc) is 2.85. The zero-order valence-corrected chi connectivity index (χ0v) is 13.8. The third kappa shape index (κ3) is 4.95. The van der Waals surface area contributed by atoms with Crippen molar-refractivity contribution < 1.29 is 23.0 Å². The highest BCUT2D eigenvalue weighted by Crippen LogP contribution is 2.32. The number of halogens is 2. The minimum absolute atomic E-state index is 0.165. The van der Waals surface area contributed by atoms with Crippen LogP contribution in [0.1, 0.15) is 12.0 Å². The molecule has 1 aliphatic heterocycles. The molecule has 0 aliphatic carbocycles. The molecule has 2 aromatic rings. The number of alkyl halides is 2. The number of nitrogens with two attached hydrogens (primary N) is 1. The maximum absolute atomic E-state index is 12.2. The highest BCUT2D eigenvalue weighted by molar-refractivity contribution is 5.92. The maximum Gasteiger partial charge on any atom is 0.388 e. The molecule has 0 atom stereocenters. The zero-order valence-electron chi connectivity index (χ0n) is 13.8. The lowest BCUT2D eigenvalue weighted by Gasteiger charge is -2.11. The molecule has 0 bridgehead atoms. The summed E-state index contributed by atoms with van der Waals surface area (Å²) in [5, 5.41) is 2.95. The average molecular weight is 364 g/mol. The largest absolute Gasteiger partial charge is 0.490 e. The number of ether oxygens (including phenoxy) is 3. The van der Waals surface area contributed by atoms with Crippen molar-refractivity contribution in [1.29, 1.82) is 0 Å². The molecule has 1 aromatic carbocycles. The van der Waals surface area contributed by atoms with Crippen molar-refractivity contribution in [2.45, 2.75) is 19.6 Å². The molecular formula is C17H18F2N4O3. The Balaban J connectivity index is 1.63. The van der Waals surface area contributed by atoms with Gasteiger partial charge in [0.15, 0.2) is 17.5 Å². The Labute approximate surface area is 148 Å². The molecule has 138 valence electrons. The van der Waals surface area contributed by atoms with Crippen LogP contribution in [-0.2, 0) is 6.54 Å². The summed E-state index contributed by atoms with van der Waals surface area (Å²) in [5.41, 5.74) is 7.22. The van der Waals surface area contributed by atoms with Crippen LogP contribution in [0.3, 0.4) is 0 Å². The number of fused-ring (bicyclic) bond motifs is 1. The van der Waals surface area contributed by atoms with Crippen LogP contribution >= 0.6 is 0 Å². The van der Waals surface area contributed by atoms with E-state index in [4.69, 9.17) is 15.2 Å². The molecule has 3 rings (SSSR count). The first-order valence-electron chi connectivity index (χ1n) is 7.96. The minimum Gasteiger partial charge on any atom is -0.490 e. The summed E-state index contributed by atoms with van der Waals surface area (Å²) in [4.78, 5) is 7.88. The highest BCUT2D eigenvalue weighted by Gasteiger charge is 2.11. The van der Waals surface area contributed by atoms with Gasteiger partial charge in [-0.2, -0.15) is 8.78 Å². The number of pyridine rings is 1. The normalized spacial score (nSPS) is 14.0. The molecule has 0 amide bonds. The van der Waals surface area contributed by atoms with Crippen LogP contribution in [-0.4, -0.2) is 30.8 Å². The fourth-order valence-electron chi connectivity index (χ4n) is 2.31. The quantitative estimate of drug-likeness (QED) is 0.626. The molecule has 0 saturated carbocycles. The first kappa shape index (κ1) is 17.7. The van der Waals surface area contributed by atoms with Crippen molar-refractivity contribution in [3.8, 4) is 17.4 Å². The van der Waals surface area contributed by atoms with Crippen LogP contribution in [0.5, 0.6) is 17.4 Å². The van der Waals surface area contributed by atoms with Crippen LogP contribution < -0.4 is 25.3 Å². The van der Waals surface area contributed by atoms with E-state index in [9.17, 15) is 8.78 Å². The van der Waals surface area contributed by atoms with Crippen molar-refractivity contribution in [2.24, 2.45) is 10.7 Å². The second kappa shape index (κ2) is 8.32. The number of benzene rings is 1. The van der Waals surface area contributed by atoms with Gasteiger partial charge < -0.3 is 25.3 Å². The van der Waals surface area contributed by atoms with Crippen molar-refractivity contribution in [3.63, 3.8) is 0 Å². The van der Waals surface area contributed by atoms with E-state index in [1.165, 1.54) is 12.3 Å². The Bertz CT molecular complexity index is 786. The summed E-state index contributed by atoms with van der Waals surface area (Å²) in [7, 11) is 0. The van der Waals surface area contributed by atoms with Gasteiger partial charge >= 0.3 is 6.61 Å². The number of hydrogen-bond donors (Lipinski definition) is 2. The molecule has 2 heterocycles. The molecule has 0 radical (unpaired) electrons. The molecule has 0 saturated heterocycles. The summed E-state index contributed by atoms with van der Waals surface area (Å²) < 4.78 is 39.9. The Morgan fingerprint density at radius 2 is 2.04 bits per heavy atom. The van der Waals surface area contributed by atoms with Gasteiger partial charge in [0.2, 0.25) is 5.88 Å². The van der Waals surface area contributed by atoms with Crippen LogP contribution in [0.4, 0.5) is 14.5 Å². The van der Waals surface area contributed by atoms with E-state index >= 15 is 0 Å². The summed E-state index contributed by atoms with van der Waals surface area (Å²) >= 11 is 0. The van der Waals surface area contributed by atoms with Gasteiger partial charge in [0.1, 0.15) is 0 Å². The fourth-order valence-corrected chi connectivity index (χ4v) is 2.31. The number of nitrogens with one attached hydrogen (secondary N) is 1. The Morgan fingerprint density at radius 3 is 2.85 bits per heavy atom. The molecule has 0 spiro atoms. The summed E-state index contributed by atoms with van der Waals surface area (Å²) in [6, 6.07) is 8.41. The van der Waals surface area contributed by atoms with Crippen LogP contribution in [0.25, 0.3) is 0 Å². The van der Waals surface area contributed by atoms with Crippen LogP contribution in [0.15, 0.2) is 41.5 Å². The number of rotatable bonds is 5. The van der Waals surface area contributed by atoms with Gasteiger partial charge in [-0.1, -0.05) is 0 Å². The molecule has 3 N–H and O–H groups in total. The minimum atomic E-state index is -2.92. The van der Waals surface area contributed by atoms with Gasteiger partial charge in [0.25, 0.3) is 0 Å². The summed E-state index contributed by atoms with van der Waals surface area (Å²) in [6.07, 6.45) is 2.19. The molecule has 7 nitrogen and oxygen atoms in total. The van der Waals surface area contributed by atoms with Gasteiger partial charge in [-0.3, -0.25) is 0 Å². The second-order valence-corrected chi connectivity index (χ2v) is 5.42. The predicted molar refractivity (Wildman–Crippen MR) is 91.9 cm³/mol. The van der Waals surface area contributed by atoms with E-state index < -0.39 is 6.61 Å². The van der Waals surface area contributed by atoms with Crippen molar-refractivity contribution in [1.82, 2.24) is 4.98 Å². The van der Waals surface area contributed by atoms with E-state index in [2.05, 4.69) is 20.0 Å². The molecule has 0 fully saturated rings. The summed E-state index contributed by atoms with van der Waals surface area (Å²) in [6.45, 7) is -1.53. The first-order valence-corrected chi connectivity index (χ1v) is 7.96. The molecule has 26 heavy (non-hydrogen) atoms. The van der Waals surface area contributed by atoms with Crippen molar-refractivity contribution in [2.75, 3.05) is 18.5 Å². The standard InChI is InChI=1S/C17H18F2N4O3/c18-16(19)26-15-8-11(4-5-21-15)10-22-17(20)23-12-2-3-13-14(9-12)25-7-1-6-24-13/h2-5,8-9,16H,1,6-7,10H2,(H3,20,22,23). The first-order chi connectivity index (χ1) is 12.6. The predicted octanol–water partition coefficient (Wildman–Crippen LogP) is 2.77. The number of hydrogen-bond acceptors (Lipinski definition) is 5. The van der Waals surface area contributed by atoms with Gasteiger partial charge in [0, 0.05) is 30.4 Å².